The van der Waals surface area contributed by atoms with E-state index in [1.807, 2.05) is 0 Å². The van der Waals surface area contributed by atoms with Crippen molar-refractivity contribution >= 4 is 0 Å². The highest BCUT2D eigenvalue weighted by atomic mass is 16.3. The molecule has 20 heavy (non-hydrogen) atoms. The van der Waals surface area contributed by atoms with Crippen LogP contribution in [0.4, 0.5) is 0 Å². The summed E-state index contributed by atoms with van der Waals surface area (Å²) in [5, 5.41) is 11.0. The monoisotopic (exact) mass is 283 g/mol. The van der Waals surface area contributed by atoms with Gasteiger partial charge in [0.05, 0.1) is 6.10 Å². The third-order valence-electron chi connectivity index (χ3n) is 5.62. The Morgan fingerprint density at radius 1 is 1.30 bits per heavy atom. The van der Waals surface area contributed by atoms with Crippen molar-refractivity contribution in [1.29, 1.82) is 0 Å². The number of aliphatic hydroxyl groups is 1. The Bertz CT molecular complexity index is 266. The minimum atomic E-state index is -0.165. The molecule has 0 bridgehead atoms. The van der Waals surface area contributed by atoms with E-state index >= 15 is 0 Å². The molecule has 0 aromatic rings. The molecule has 0 radical (unpaired) electrons. The lowest BCUT2D eigenvalue weighted by Crippen LogP contribution is -2.56. The molecule has 4 atom stereocenters. The van der Waals surface area contributed by atoms with Crippen LogP contribution in [0.1, 0.15) is 78.6 Å². The summed E-state index contributed by atoms with van der Waals surface area (Å²) in [6.45, 7) is 6.88. The fraction of sp³-hybridized carbons (Fsp3) is 1.00. The lowest BCUT2D eigenvalue weighted by Gasteiger charge is -2.49. The molecule has 120 valence electrons. The number of rotatable bonds is 8. The molecule has 1 aliphatic rings. The molecule has 1 aliphatic carbocycles. The predicted molar refractivity (Wildman–Crippen MR) is 88.0 cm³/mol. The van der Waals surface area contributed by atoms with Crippen molar-refractivity contribution in [1.82, 2.24) is 4.90 Å². The lowest BCUT2D eigenvalue weighted by atomic mass is 9.70. The summed E-state index contributed by atoms with van der Waals surface area (Å²) >= 11 is 0. The maximum Gasteiger partial charge on any atom is 0.0726 e. The van der Waals surface area contributed by atoms with Crippen LogP contribution in [-0.4, -0.2) is 35.7 Å². The van der Waals surface area contributed by atoms with E-state index in [0.29, 0.717) is 5.92 Å². The molecule has 1 fully saturated rings. The van der Waals surface area contributed by atoms with Crippen LogP contribution in [0.25, 0.3) is 0 Å². The summed E-state index contributed by atoms with van der Waals surface area (Å²) in [4.78, 5) is 2.32. The van der Waals surface area contributed by atoms with Gasteiger partial charge in [-0.25, -0.2) is 0 Å². The first kappa shape index (κ1) is 18.0. The van der Waals surface area contributed by atoms with Crippen molar-refractivity contribution in [2.75, 3.05) is 14.1 Å². The van der Waals surface area contributed by atoms with Crippen molar-refractivity contribution in [3.63, 3.8) is 0 Å². The van der Waals surface area contributed by atoms with E-state index in [-0.39, 0.29) is 11.6 Å². The largest absolute Gasteiger partial charge is 0.391 e. The summed E-state index contributed by atoms with van der Waals surface area (Å²) in [7, 11) is 4.32. The molecule has 4 unspecified atom stereocenters. The van der Waals surface area contributed by atoms with E-state index in [1.54, 1.807) is 0 Å². The quantitative estimate of drug-likeness (QED) is 0.710. The molecule has 2 nitrogen and oxygen atoms in total. The Morgan fingerprint density at radius 2 is 2.00 bits per heavy atom. The average Bonchev–Trinajstić information content (AvgIpc) is 2.42. The highest BCUT2D eigenvalue weighted by molar-refractivity contribution is 4.98. The first-order valence-corrected chi connectivity index (χ1v) is 8.81. The van der Waals surface area contributed by atoms with Gasteiger partial charge in [-0.05, 0) is 45.2 Å². The van der Waals surface area contributed by atoms with Gasteiger partial charge in [-0.1, -0.05) is 59.3 Å². The van der Waals surface area contributed by atoms with E-state index in [0.717, 1.165) is 25.2 Å². The molecule has 0 heterocycles. The van der Waals surface area contributed by atoms with Gasteiger partial charge in [-0.2, -0.15) is 0 Å². The molecule has 2 heteroatoms. The topological polar surface area (TPSA) is 23.5 Å². The zero-order valence-corrected chi connectivity index (χ0v) is 14.5. The Hall–Kier alpha value is -0.0800. The van der Waals surface area contributed by atoms with Gasteiger partial charge in [0, 0.05) is 5.54 Å². The predicted octanol–water partition coefficient (Wildman–Crippen LogP) is 4.46. The molecular weight excluding hydrogens is 246 g/mol. The number of likely N-dealkylation sites (N-methyl/N-ethyl adjacent to an activating group) is 1. The molecule has 1 saturated carbocycles. The van der Waals surface area contributed by atoms with Crippen LogP contribution in [0.15, 0.2) is 0 Å². The third-order valence-corrected chi connectivity index (χ3v) is 5.62. The van der Waals surface area contributed by atoms with Gasteiger partial charge in [0.2, 0.25) is 0 Å². The average molecular weight is 284 g/mol. The molecular formula is C18H37NO. The highest BCUT2D eigenvalue weighted by Gasteiger charge is 2.43. The molecule has 0 spiro atoms. The highest BCUT2D eigenvalue weighted by Crippen LogP contribution is 2.40. The first-order valence-electron chi connectivity index (χ1n) is 8.81. The number of nitrogens with zero attached hydrogens (tertiary/aromatic N) is 1. The molecule has 0 saturated heterocycles. The summed E-state index contributed by atoms with van der Waals surface area (Å²) in [5.74, 6) is 1.44. The summed E-state index contributed by atoms with van der Waals surface area (Å²) in [6, 6.07) is 0. The maximum atomic E-state index is 11.0. The normalized spacial score (nSPS) is 30.4. The molecule has 0 aliphatic heterocycles. The van der Waals surface area contributed by atoms with E-state index in [1.165, 1.54) is 38.5 Å². The van der Waals surface area contributed by atoms with Gasteiger partial charge < -0.3 is 10.0 Å². The van der Waals surface area contributed by atoms with Gasteiger partial charge in [0.1, 0.15) is 0 Å². The minimum absolute atomic E-state index is 0.0251. The Kier molecular flexibility index (Phi) is 7.53. The molecule has 0 aromatic carbocycles. The van der Waals surface area contributed by atoms with Crippen LogP contribution in [0, 0.1) is 11.8 Å². The Morgan fingerprint density at radius 3 is 2.50 bits per heavy atom. The SMILES string of the molecule is CCCCC(CC)CC(O)C1(N(C)C)CCCC(C)C1. The van der Waals surface area contributed by atoms with Crippen LogP contribution in [0.3, 0.4) is 0 Å². The third kappa shape index (κ3) is 4.46. The van der Waals surface area contributed by atoms with Gasteiger partial charge in [-0.3, -0.25) is 0 Å². The Labute approximate surface area is 126 Å². The molecule has 1 N–H and O–H groups in total. The number of hydrogen-bond donors (Lipinski definition) is 1. The van der Waals surface area contributed by atoms with Crippen molar-refractivity contribution in [3.8, 4) is 0 Å². The van der Waals surface area contributed by atoms with E-state index in [9.17, 15) is 5.11 Å². The van der Waals surface area contributed by atoms with E-state index in [4.69, 9.17) is 0 Å². The van der Waals surface area contributed by atoms with Crippen molar-refractivity contribution in [3.05, 3.63) is 0 Å². The molecule has 0 amide bonds. The molecule has 0 aromatic heterocycles. The smallest absolute Gasteiger partial charge is 0.0726 e. The summed E-state index contributed by atoms with van der Waals surface area (Å²) < 4.78 is 0. The number of unbranched alkanes of at least 4 members (excludes halogenated alkanes) is 1. The fourth-order valence-electron chi connectivity index (χ4n) is 4.09. The van der Waals surface area contributed by atoms with Crippen molar-refractivity contribution < 1.29 is 5.11 Å². The number of hydrogen-bond acceptors (Lipinski definition) is 2. The van der Waals surface area contributed by atoms with Crippen LogP contribution in [0.5, 0.6) is 0 Å². The lowest BCUT2D eigenvalue weighted by molar-refractivity contribution is -0.0542. The van der Waals surface area contributed by atoms with E-state index < -0.39 is 0 Å². The first-order chi connectivity index (χ1) is 9.46. The van der Waals surface area contributed by atoms with Crippen LogP contribution in [0.2, 0.25) is 0 Å². The van der Waals surface area contributed by atoms with Gasteiger partial charge in [0.15, 0.2) is 0 Å². The zero-order chi connectivity index (χ0) is 15.2. The van der Waals surface area contributed by atoms with Crippen LogP contribution in [-0.2, 0) is 0 Å². The molecule has 1 rings (SSSR count). The van der Waals surface area contributed by atoms with Crippen molar-refractivity contribution in [2.45, 2.75) is 90.2 Å². The zero-order valence-electron chi connectivity index (χ0n) is 14.5. The summed E-state index contributed by atoms with van der Waals surface area (Å²) in [5.41, 5.74) is 0.0251. The van der Waals surface area contributed by atoms with Gasteiger partial charge in [0.25, 0.3) is 0 Å². The minimum Gasteiger partial charge on any atom is -0.391 e. The maximum absolute atomic E-state index is 11.0. The Balaban J connectivity index is 2.70. The second kappa shape index (κ2) is 8.38. The second-order valence-electron chi connectivity index (χ2n) is 7.37. The van der Waals surface area contributed by atoms with Crippen LogP contribution < -0.4 is 0 Å². The van der Waals surface area contributed by atoms with Gasteiger partial charge >= 0.3 is 0 Å². The van der Waals surface area contributed by atoms with Crippen LogP contribution >= 0.6 is 0 Å². The van der Waals surface area contributed by atoms with E-state index in [2.05, 4.69) is 39.8 Å². The fourth-order valence-corrected chi connectivity index (χ4v) is 4.09. The second-order valence-corrected chi connectivity index (χ2v) is 7.37. The van der Waals surface area contributed by atoms with Crippen molar-refractivity contribution in [2.24, 2.45) is 11.8 Å². The summed E-state index contributed by atoms with van der Waals surface area (Å²) in [6.07, 6.45) is 10.8. The standard InChI is InChI=1S/C18H37NO/c1-6-8-11-16(7-2)13-17(20)18(19(4)5)12-9-10-15(3)14-18/h15-17,20H,6-14H2,1-5H3. The number of aliphatic hydroxyl groups excluding tert-OH is 1. The van der Waals surface area contributed by atoms with Gasteiger partial charge in [-0.15, -0.1) is 0 Å².